The lowest BCUT2D eigenvalue weighted by molar-refractivity contribution is 0.417. The zero-order valence-electron chi connectivity index (χ0n) is 12.8. The van der Waals surface area contributed by atoms with Crippen LogP contribution in [0.2, 0.25) is 0 Å². The summed E-state index contributed by atoms with van der Waals surface area (Å²) in [6, 6.07) is 1.99. The Balaban J connectivity index is 2.90. The van der Waals surface area contributed by atoms with Crippen molar-refractivity contribution in [3.05, 3.63) is 26.3 Å². The number of ether oxygens (including phenoxy) is 1. The molecule has 0 atom stereocenters. The molecule has 5 heteroatoms. The van der Waals surface area contributed by atoms with Gasteiger partial charge >= 0.3 is 0 Å². The lowest BCUT2D eigenvalue weighted by Gasteiger charge is -2.19. The fourth-order valence-corrected chi connectivity index (χ4v) is 3.99. The third-order valence-corrected chi connectivity index (χ3v) is 4.73. The number of halogens is 2. The van der Waals surface area contributed by atoms with Crippen LogP contribution >= 0.6 is 31.9 Å². The highest BCUT2D eigenvalue weighted by Crippen LogP contribution is 2.43. The van der Waals surface area contributed by atoms with E-state index in [2.05, 4.69) is 57.9 Å². The summed E-state index contributed by atoms with van der Waals surface area (Å²) in [5.41, 5.74) is 4.39. The Morgan fingerprint density at radius 1 is 1.24 bits per heavy atom. The molecule has 0 unspecified atom stereocenters. The molecule has 3 nitrogen and oxygen atoms in total. The monoisotopic (exact) mass is 414 g/mol. The molecule has 0 amide bonds. The van der Waals surface area contributed by atoms with Crippen molar-refractivity contribution in [1.82, 2.24) is 4.98 Å². The average Bonchev–Trinajstić information content (AvgIpc) is 2.45. The first-order chi connectivity index (χ1) is 10.0. The Hall–Kier alpha value is -0.810. The van der Waals surface area contributed by atoms with E-state index in [9.17, 15) is 0 Å². The molecule has 0 saturated heterocycles. The maximum Gasteiger partial charge on any atom is 0.144 e. The van der Waals surface area contributed by atoms with Crippen molar-refractivity contribution in [2.75, 3.05) is 19.0 Å². The van der Waals surface area contributed by atoms with Gasteiger partial charge < -0.3 is 10.1 Å². The van der Waals surface area contributed by atoms with Crippen molar-refractivity contribution >= 4 is 48.5 Å². The molecule has 0 aliphatic heterocycles. The number of aryl methyl sites for hydroxylation is 1. The van der Waals surface area contributed by atoms with Gasteiger partial charge in [-0.25, -0.2) is 0 Å². The number of fused-ring (bicyclic) bond motifs is 1. The van der Waals surface area contributed by atoms with Crippen LogP contribution in [0.4, 0.5) is 5.69 Å². The van der Waals surface area contributed by atoms with Gasteiger partial charge in [0, 0.05) is 16.7 Å². The predicted molar refractivity (Wildman–Crippen MR) is 96.6 cm³/mol. The number of nitrogens with one attached hydrogen (secondary N) is 1. The van der Waals surface area contributed by atoms with E-state index in [0.717, 1.165) is 56.4 Å². The number of methoxy groups -OCH3 is 1. The van der Waals surface area contributed by atoms with Gasteiger partial charge in [-0.2, -0.15) is 0 Å². The number of aromatic nitrogens is 1. The number of anilines is 1. The van der Waals surface area contributed by atoms with Gasteiger partial charge in [0.15, 0.2) is 0 Å². The quantitative estimate of drug-likeness (QED) is 0.703. The van der Waals surface area contributed by atoms with Crippen molar-refractivity contribution in [2.45, 2.75) is 33.6 Å². The Morgan fingerprint density at radius 3 is 2.52 bits per heavy atom. The first-order valence-electron chi connectivity index (χ1n) is 7.14. The number of rotatable bonds is 5. The number of benzene rings is 1. The van der Waals surface area contributed by atoms with Gasteiger partial charge in [0.2, 0.25) is 0 Å². The van der Waals surface area contributed by atoms with Crippen LogP contribution in [-0.2, 0) is 6.42 Å². The van der Waals surface area contributed by atoms with E-state index < -0.39 is 0 Å². The van der Waals surface area contributed by atoms with Crippen LogP contribution in [0, 0.1) is 6.92 Å². The van der Waals surface area contributed by atoms with Crippen LogP contribution in [0.15, 0.2) is 15.0 Å². The summed E-state index contributed by atoms with van der Waals surface area (Å²) < 4.78 is 7.52. The molecule has 1 N–H and O–H groups in total. The largest absolute Gasteiger partial charge is 0.495 e. The van der Waals surface area contributed by atoms with Gasteiger partial charge in [-0.3, -0.25) is 4.98 Å². The molecule has 0 aliphatic carbocycles. The molecule has 0 radical (unpaired) electrons. The second kappa shape index (κ2) is 6.97. The Labute approximate surface area is 142 Å². The van der Waals surface area contributed by atoms with Crippen LogP contribution in [0.5, 0.6) is 5.75 Å². The Bertz CT molecular complexity index is 671. The first kappa shape index (κ1) is 16.6. The second-order valence-electron chi connectivity index (χ2n) is 4.93. The molecule has 0 bridgehead atoms. The molecular formula is C16H20Br2N2O. The predicted octanol–water partition coefficient (Wildman–Crippen LogP) is 5.46. The minimum atomic E-state index is 0.828. The molecule has 1 heterocycles. The van der Waals surface area contributed by atoms with E-state index in [1.807, 2.05) is 6.07 Å². The minimum Gasteiger partial charge on any atom is -0.495 e. The van der Waals surface area contributed by atoms with E-state index in [-0.39, 0.29) is 0 Å². The summed E-state index contributed by atoms with van der Waals surface area (Å²) in [5, 5.41) is 4.60. The molecule has 0 spiro atoms. The smallest absolute Gasteiger partial charge is 0.144 e. The lowest BCUT2D eigenvalue weighted by atomic mass is 10.0. The molecular weight excluding hydrogens is 396 g/mol. The van der Waals surface area contributed by atoms with E-state index in [4.69, 9.17) is 9.72 Å². The minimum absolute atomic E-state index is 0.828. The summed E-state index contributed by atoms with van der Waals surface area (Å²) in [7, 11) is 1.70. The van der Waals surface area contributed by atoms with Crippen molar-refractivity contribution in [3.63, 3.8) is 0 Å². The van der Waals surface area contributed by atoms with Crippen molar-refractivity contribution in [3.8, 4) is 5.75 Å². The third-order valence-electron chi connectivity index (χ3n) is 3.54. The zero-order valence-corrected chi connectivity index (χ0v) is 16.0. The molecule has 2 rings (SSSR count). The number of hydrogen-bond acceptors (Lipinski definition) is 3. The van der Waals surface area contributed by atoms with Crippen LogP contribution in [0.3, 0.4) is 0 Å². The normalized spacial score (nSPS) is 11.0. The zero-order chi connectivity index (χ0) is 15.6. The Kier molecular flexibility index (Phi) is 5.49. The van der Waals surface area contributed by atoms with Crippen LogP contribution in [-0.4, -0.2) is 18.6 Å². The molecule has 0 saturated carbocycles. The van der Waals surface area contributed by atoms with E-state index in [0.29, 0.717) is 0 Å². The standard InChI is InChI=1S/C16H20Br2N2O/c1-5-7-19-14-10(6-2)9(3)20-15-11(17)8-12(18)16(21-4)13(14)15/h8H,5-7H2,1-4H3,(H,19,20). The van der Waals surface area contributed by atoms with Crippen LogP contribution in [0.1, 0.15) is 31.5 Å². The highest BCUT2D eigenvalue weighted by molar-refractivity contribution is 9.11. The number of pyridine rings is 1. The van der Waals surface area contributed by atoms with Gasteiger partial charge in [0.05, 0.1) is 28.2 Å². The van der Waals surface area contributed by atoms with Crippen molar-refractivity contribution in [1.29, 1.82) is 0 Å². The van der Waals surface area contributed by atoms with E-state index >= 15 is 0 Å². The molecule has 21 heavy (non-hydrogen) atoms. The molecule has 0 aliphatic rings. The van der Waals surface area contributed by atoms with Crippen molar-refractivity contribution in [2.24, 2.45) is 0 Å². The van der Waals surface area contributed by atoms with E-state index in [1.165, 1.54) is 5.56 Å². The van der Waals surface area contributed by atoms with Crippen molar-refractivity contribution < 1.29 is 4.74 Å². The Morgan fingerprint density at radius 2 is 1.95 bits per heavy atom. The maximum atomic E-state index is 5.63. The molecule has 1 aromatic heterocycles. The first-order valence-corrected chi connectivity index (χ1v) is 8.72. The summed E-state index contributed by atoms with van der Waals surface area (Å²) >= 11 is 7.20. The second-order valence-corrected chi connectivity index (χ2v) is 6.64. The van der Waals surface area contributed by atoms with Gasteiger partial charge in [-0.15, -0.1) is 0 Å². The lowest BCUT2D eigenvalue weighted by Crippen LogP contribution is -2.07. The molecule has 0 fully saturated rings. The van der Waals surface area contributed by atoms with Gasteiger partial charge in [0.1, 0.15) is 5.75 Å². The summed E-state index contributed by atoms with van der Waals surface area (Å²) in [5.74, 6) is 0.828. The highest BCUT2D eigenvalue weighted by Gasteiger charge is 2.19. The number of nitrogens with zero attached hydrogens (tertiary/aromatic N) is 1. The number of hydrogen-bond donors (Lipinski definition) is 1. The molecule has 2 aromatic rings. The third kappa shape index (κ3) is 3.04. The van der Waals surface area contributed by atoms with Gasteiger partial charge in [-0.05, 0) is 63.3 Å². The fraction of sp³-hybridized carbons (Fsp3) is 0.438. The van der Waals surface area contributed by atoms with E-state index in [1.54, 1.807) is 7.11 Å². The van der Waals surface area contributed by atoms with Gasteiger partial charge in [-0.1, -0.05) is 13.8 Å². The molecule has 114 valence electrons. The fourth-order valence-electron chi connectivity index (χ4n) is 2.58. The van der Waals surface area contributed by atoms with Gasteiger partial charge in [0.25, 0.3) is 0 Å². The molecule has 1 aromatic carbocycles. The average molecular weight is 416 g/mol. The van der Waals surface area contributed by atoms with Crippen LogP contribution in [0.25, 0.3) is 10.9 Å². The highest BCUT2D eigenvalue weighted by atomic mass is 79.9. The topological polar surface area (TPSA) is 34.2 Å². The SMILES string of the molecule is CCCNc1c(CC)c(C)nc2c(Br)cc(Br)c(OC)c12. The van der Waals surface area contributed by atoms with Crippen LogP contribution < -0.4 is 10.1 Å². The summed E-state index contributed by atoms with van der Waals surface area (Å²) in [4.78, 5) is 4.78. The maximum absolute atomic E-state index is 5.63. The summed E-state index contributed by atoms with van der Waals surface area (Å²) in [6.07, 6.45) is 2.01. The summed E-state index contributed by atoms with van der Waals surface area (Å²) in [6.45, 7) is 7.32.